The van der Waals surface area contributed by atoms with E-state index in [4.69, 9.17) is 0 Å². The zero-order chi connectivity index (χ0) is 10.7. The fourth-order valence-electron chi connectivity index (χ4n) is 2.40. The molecule has 1 aromatic rings. The lowest BCUT2D eigenvalue weighted by Crippen LogP contribution is -2.38. The van der Waals surface area contributed by atoms with E-state index in [1.54, 1.807) is 11.3 Å². The Labute approximate surface area is 96.1 Å². The Balaban J connectivity index is 1.90. The second kappa shape index (κ2) is 5.08. The third kappa shape index (κ3) is 2.79. The van der Waals surface area contributed by atoms with Gasteiger partial charge in [-0.3, -0.25) is 0 Å². The van der Waals surface area contributed by atoms with Crippen LogP contribution >= 0.6 is 11.3 Å². The van der Waals surface area contributed by atoms with E-state index in [0.717, 1.165) is 5.92 Å². The Morgan fingerprint density at radius 2 is 2.27 bits per heavy atom. The van der Waals surface area contributed by atoms with Crippen molar-refractivity contribution >= 4 is 11.3 Å². The van der Waals surface area contributed by atoms with Crippen molar-refractivity contribution in [3.05, 3.63) is 16.6 Å². The van der Waals surface area contributed by atoms with Crippen molar-refractivity contribution in [1.29, 1.82) is 0 Å². The molecule has 2 nitrogen and oxygen atoms in total. The predicted octanol–water partition coefficient (Wildman–Crippen LogP) is 3.37. The first kappa shape index (κ1) is 11.1. The number of nitrogens with zero attached hydrogens (tertiary/aromatic N) is 1. The van der Waals surface area contributed by atoms with Gasteiger partial charge in [0.2, 0.25) is 0 Å². The normalized spacial score (nSPS) is 28.9. The topological polar surface area (TPSA) is 24.9 Å². The van der Waals surface area contributed by atoms with Gasteiger partial charge in [-0.15, -0.1) is 11.3 Å². The second-order valence-electron chi connectivity index (χ2n) is 4.63. The lowest BCUT2D eigenvalue weighted by molar-refractivity contribution is 0.263. The lowest BCUT2D eigenvalue weighted by Gasteiger charge is -2.31. The van der Waals surface area contributed by atoms with Gasteiger partial charge in [0.05, 0.1) is 6.04 Å². The first-order valence-electron chi connectivity index (χ1n) is 5.93. The van der Waals surface area contributed by atoms with Crippen LogP contribution in [0.25, 0.3) is 0 Å². The van der Waals surface area contributed by atoms with Crippen molar-refractivity contribution in [1.82, 2.24) is 10.3 Å². The zero-order valence-corrected chi connectivity index (χ0v) is 10.4. The summed E-state index contributed by atoms with van der Waals surface area (Å²) in [5, 5.41) is 6.99. The van der Waals surface area contributed by atoms with Gasteiger partial charge in [-0.25, -0.2) is 4.98 Å². The predicted molar refractivity (Wildman–Crippen MR) is 65.1 cm³/mol. The summed E-state index contributed by atoms with van der Waals surface area (Å²) < 4.78 is 0. The van der Waals surface area contributed by atoms with Crippen LogP contribution < -0.4 is 5.32 Å². The maximum atomic E-state index is 4.36. The van der Waals surface area contributed by atoms with Gasteiger partial charge in [0, 0.05) is 17.6 Å². The minimum absolute atomic E-state index is 0.413. The monoisotopic (exact) mass is 224 g/mol. The number of nitrogens with one attached hydrogen (secondary N) is 1. The standard InChI is InChI=1S/C12H20N2S/c1-9-5-3-4-6-11(9)14-10(2)12-13-7-8-15-12/h7-11,14H,3-6H2,1-2H3. The van der Waals surface area contributed by atoms with Crippen molar-refractivity contribution in [3.8, 4) is 0 Å². The molecule has 3 heteroatoms. The van der Waals surface area contributed by atoms with Crippen LogP contribution in [0.5, 0.6) is 0 Å². The summed E-state index contributed by atoms with van der Waals surface area (Å²) in [5.74, 6) is 0.821. The summed E-state index contributed by atoms with van der Waals surface area (Å²) >= 11 is 1.75. The highest BCUT2D eigenvalue weighted by atomic mass is 32.1. The largest absolute Gasteiger partial charge is 0.305 e. The van der Waals surface area contributed by atoms with Crippen LogP contribution in [0.2, 0.25) is 0 Å². The first-order chi connectivity index (χ1) is 7.27. The van der Waals surface area contributed by atoms with E-state index in [0.29, 0.717) is 12.1 Å². The molecule has 1 aliphatic rings. The Morgan fingerprint density at radius 3 is 2.93 bits per heavy atom. The third-order valence-corrected chi connectivity index (χ3v) is 4.36. The van der Waals surface area contributed by atoms with Crippen molar-refractivity contribution in [3.63, 3.8) is 0 Å². The molecule has 0 saturated heterocycles. The van der Waals surface area contributed by atoms with Crippen LogP contribution in [-0.4, -0.2) is 11.0 Å². The molecule has 1 fully saturated rings. The maximum absolute atomic E-state index is 4.36. The van der Waals surface area contributed by atoms with E-state index in [9.17, 15) is 0 Å². The van der Waals surface area contributed by atoms with E-state index in [2.05, 4.69) is 29.5 Å². The van der Waals surface area contributed by atoms with Crippen LogP contribution in [0.15, 0.2) is 11.6 Å². The quantitative estimate of drug-likeness (QED) is 0.851. The highest BCUT2D eigenvalue weighted by Crippen LogP contribution is 2.26. The fraction of sp³-hybridized carbons (Fsp3) is 0.750. The average Bonchev–Trinajstić information content (AvgIpc) is 2.74. The molecule has 0 radical (unpaired) electrons. The highest BCUT2D eigenvalue weighted by molar-refractivity contribution is 7.09. The molecule has 0 aromatic carbocycles. The van der Waals surface area contributed by atoms with Gasteiger partial charge >= 0.3 is 0 Å². The van der Waals surface area contributed by atoms with Crippen LogP contribution in [0, 0.1) is 5.92 Å². The first-order valence-corrected chi connectivity index (χ1v) is 6.81. The van der Waals surface area contributed by atoms with Crippen LogP contribution in [0.3, 0.4) is 0 Å². The van der Waals surface area contributed by atoms with Gasteiger partial charge in [-0.05, 0) is 25.7 Å². The summed E-state index contributed by atoms with van der Waals surface area (Å²) in [6, 6.07) is 1.10. The molecule has 0 bridgehead atoms. The molecule has 2 rings (SSSR count). The second-order valence-corrected chi connectivity index (χ2v) is 5.55. The lowest BCUT2D eigenvalue weighted by atomic mass is 9.85. The molecule has 1 aromatic heterocycles. The number of aromatic nitrogens is 1. The van der Waals surface area contributed by atoms with Crippen LogP contribution in [0.4, 0.5) is 0 Å². The summed E-state index contributed by atoms with van der Waals surface area (Å²) in [6.07, 6.45) is 7.39. The SMILES string of the molecule is CC(NC1CCCCC1C)c1nccs1. The molecular weight excluding hydrogens is 204 g/mol. The Bertz CT molecular complexity index is 284. The van der Waals surface area contributed by atoms with Crippen molar-refractivity contribution in [2.75, 3.05) is 0 Å². The van der Waals surface area contributed by atoms with Gasteiger partial charge in [-0.1, -0.05) is 19.8 Å². The Morgan fingerprint density at radius 1 is 1.47 bits per heavy atom. The Hall–Kier alpha value is -0.410. The van der Waals surface area contributed by atoms with E-state index in [1.165, 1.54) is 30.7 Å². The van der Waals surface area contributed by atoms with Gasteiger partial charge < -0.3 is 5.32 Å². The molecule has 15 heavy (non-hydrogen) atoms. The third-order valence-electron chi connectivity index (χ3n) is 3.40. The van der Waals surface area contributed by atoms with Crippen molar-refractivity contribution in [2.45, 2.75) is 51.6 Å². The number of hydrogen-bond donors (Lipinski definition) is 1. The molecular formula is C12H20N2S. The summed E-state index contributed by atoms with van der Waals surface area (Å²) in [4.78, 5) is 4.36. The van der Waals surface area contributed by atoms with Gasteiger partial charge in [0.1, 0.15) is 5.01 Å². The van der Waals surface area contributed by atoms with Crippen molar-refractivity contribution in [2.24, 2.45) is 5.92 Å². The van der Waals surface area contributed by atoms with Crippen LogP contribution in [0.1, 0.15) is 50.6 Å². The minimum Gasteiger partial charge on any atom is -0.305 e. The van der Waals surface area contributed by atoms with E-state index in [-0.39, 0.29) is 0 Å². The maximum Gasteiger partial charge on any atom is 0.109 e. The molecule has 0 aliphatic heterocycles. The molecule has 1 saturated carbocycles. The minimum atomic E-state index is 0.413. The highest BCUT2D eigenvalue weighted by Gasteiger charge is 2.23. The van der Waals surface area contributed by atoms with Crippen molar-refractivity contribution < 1.29 is 0 Å². The van der Waals surface area contributed by atoms with E-state index >= 15 is 0 Å². The van der Waals surface area contributed by atoms with E-state index in [1.807, 2.05) is 6.20 Å². The van der Waals surface area contributed by atoms with Crippen LogP contribution in [-0.2, 0) is 0 Å². The van der Waals surface area contributed by atoms with E-state index < -0.39 is 0 Å². The fourth-order valence-corrected chi connectivity index (χ4v) is 3.06. The molecule has 1 aliphatic carbocycles. The summed E-state index contributed by atoms with van der Waals surface area (Å²) in [6.45, 7) is 4.59. The average molecular weight is 224 g/mol. The molecule has 0 amide bonds. The Kier molecular flexibility index (Phi) is 3.76. The smallest absolute Gasteiger partial charge is 0.109 e. The molecule has 0 spiro atoms. The van der Waals surface area contributed by atoms with Gasteiger partial charge in [0.15, 0.2) is 0 Å². The zero-order valence-electron chi connectivity index (χ0n) is 9.57. The van der Waals surface area contributed by atoms with Gasteiger partial charge in [-0.2, -0.15) is 0 Å². The molecule has 3 atom stereocenters. The number of thiazole rings is 1. The molecule has 1 N–H and O–H groups in total. The molecule has 84 valence electrons. The van der Waals surface area contributed by atoms with Gasteiger partial charge in [0.25, 0.3) is 0 Å². The number of rotatable bonds is 3. The summed E-state index contributed by atoms with van der Waals surface area (Å²) in [5.41, 5.74) is 0. The molecule has 3 unspecified atom stereocenters. The molecule has 1 heterocycles. The summed E-state index contributed by atoms with van der Waals surface area (Å²) in [7, 11) is 0. The number of hydrogen-bond acceptors (Lipinski definition) is 3.